The van der Waals surface area contributed by atoms with Crippen LogP contribution in [-0.4, -0.2) is 90.3 Å². The predicted molar refractivity (Wildman–Crippen MR) is 162 cm³/mol. The third kappa shape index (κ3) is 9.99. The van der Waals surface area contributed by atoms with Gasteiger partial charge in [-0.05, 0) is 87.9 Å². The van der Waals surface area contributed by atoms with E-state index in [1.165, 1.54) is 12.0 Å². The summed E-state index contributed by atoms with van der Waals surface area (Å²) in [4.78, 5) is 53.9. The van der Waals surface area contributed by atoms with Crippen LogP contribution in [0.3, 0.4) is 0 Å². The topological polar surface area (TPSA) is 142 Å². The van der Waals surface area contributed by atoms with Crippen molar-refractivity contribution in [3.05, 3.63) is 0 Å². The quantitative estimate of drug-likeness (QED) is 0.222. The minimum atomic E-state index is -0.986. The van der Waals surface area contributed by atoms with Crippen molar-refractivity contribution in [3.63, 3.8) is 0 Å². The molecule has 0 radical (unpaired) electrons. The molecule has 2 rings (SSSR count). The molecular formula is C30H54BN3O9. The molecule has 246 valence electrons. The van der Waals surface area contributed by atoms with E-state index in [-0.39, 0.29) is 12.5 Å². The molecule has 2 heterocycles. The van der Waals surface area contributed by atoms with Crippen molar-refractivity contribution in [3.8, 4) is 0 Å². The van der Waals surface area contributed by atoms with Crippen LogP contribution >= 0.6 is 0 Å². The number of nitrogens with zero attached hydrogens (tertiary/aromatic N) is 1. The number of hydrogen-bond acceptors (Lipinski definition) is 9. The van der Waals surface area contributed by atoms with Crippen molar-refractivity contribution in [2.75, 3.05) is 13.7 Å². The van der Waals surface area contributed by atoms with Crippen LogP contribution in [0.1, 0.15) is 95.9 Å². The van der Waals surface area contributed by atoms with Crippen molar-refractivity contribution in [2.45, 2.75) is 143 Å². The molecule has 0 bridgehead atoms. The molecule has 2 aliphatic rings. The number of amides is 3. The largest absolute Gasteiger partial charge is 0.467 e. The first-order chi connectivity index (χ1) is 19.5. The van der Waals surface area contributed by atoms with Gasteiger partial charge in [-0.3, -0.25) is 9.69 Å². The van der Waals surface area contributed by atoms with E-state index in [1.807, 2.05) is 41.5 Å². The fourth-order valence-electron chi connectivity index (χ4n) is 5.20. The summed E-state index contributed by atoms with van der Waals surface area (Å²) in [5, 5.41) is 5.68. The number of rotatable bonds is 9. The summed E-state index contributed by atoms with van der Waals surface area (Å²) in [5.41, 5.74) is -2.49. The van der Waals surface area contributed by atoms with Gasteiger partial charge >= 0.3 is 25.3 Å². The lowest BCUT2D eigenvalue weighted by Gasteiger charge is -2.32. The van der Waals surface area contributed by atoms with Crippen LogP contribution < -0.4 is 10.6 Å². The van der Waals surface area contributed by atoms with Crippen LogP contribution in [0.25, 0.3) is 0 Å². The van der Waals surface area contributed by atoms with Crippen molar-refractivity contribution < 1.29 is 42.7 Å². The second-order valence-electron chi connectivity index (χ2n) is 14.9. The minimum Gasteiger partial charge on any atom is -0.467 e. The summed E-state index contributed by atoms with van der Waals surface area (Å²) in [6.07, 6.45) is 0.212. The van der Waals surface area contributed by atoms with E-state index in [0.29, 0.717) is 19.2 Å². The van der Waals surface area contributed by atoms with Gasteiger partial charge in [0.2, 0.25) is 5.91 Å². The van der Waals surface area contributed by atoms with Crippen molar-refractivity contribution >= 4 is 31.2 Å². The Morgan fingerprint density at radius 3 is 1.95 bits per heavy atom. The first-order valence-electron chi connectivity index (χ1n) is 15.2. The molecule has 0 aromatic heterocycles. The van der Waals surface area contributed by atoms with Gasteiger partial charge in [-0.1, -0.05) is 20.3 Å². The summed E-state index contributed by atoms with van der Waals surface area (Å²) in [5.74, 6) is -1.82. The lowest BCUT2D eigenvalue weighted by molar-refractivity contribution is -0.147. The van der Waals surface area contributed by atoms with E-state index >= 15 is 0 Å². The maximum absolute atomic E-state index is 13.6. The molecule has 0 aromatic rings. The van der Waals surface area contributed by atoms with E-state index in [1.54, 1.807) is 41.5 Å². The fourth-order valence-corrected chi connectivity index (χ4v) is 5.20. The molecule has 0 saturated carbocycles. The molecule has 0 aromatic carbocycles. The monoisotopic (exact) mass is 611 g/mol. The molecule has 3 amide bonds. The van der Waals surface area contributed by atoms with Crippen LogP contribution in [0.2, 0.25) is 6.32 Å². The van der Waals surface area contributed by atoms with E-state index in [9.17, 15) is 19.2 Å². The number of ether oxygens (including phenoxy) is 3. The van der Waals surface area contributed by atoms with Crippen LogP contribution in [0.15, 0.2) is 0 Å². The predicted octanol–water partition coefficient (Wildman–Crippen LogP) is 4.30. The molecule has 13 heteroatoms. The van der Waals surface area contributed by atoms with Gasteiger partial charge in [0.1, 0.15) is 23.3 Å². The van der Waals surface area contributed by atoms with E-state index in [2.05, 4.69) is 10.6 Å². The zero-order chi connectivity index (χ0) is 33.1. The average Bonchev–Trinajstić information content (AvgIpc) is 3.26. The SMILES string of the molecule is COC(=O)[C@@H]1[C@H](CCCB2OC(C)(C)C(C)(C)O2)[C@@H](NC(=O)[C@@H](NC(=O)OC(C)(C)C)C(C)C)CN1C(=O)OC(C)(C)C. The second-order valence-corrected chi connectivity index (χ2v) is 14.9. The Morgan fingerprint density at radius 2 is 1.49 bits per heavy atom. The molecule has 2 fully saturated rings. The van der Waals surface area contributed by atoms with Crippen molar-refractivity contribution in [1.29, 1.82) is 0 Å². The zero-order valence-corrected chi connectivity index (χ0v) is 28.4. The van der Waals surface area contributed by atoms with Gasteiger partial charge in [0.05, 0.1) is 24.4 Å². The molecule has 0 unspecified atom stereocenters. The lowest BCUT2D eigenvalue weighted by Crippen LogP contribution is -2.54. The number of hydrogen-bond donors (Lipinski definition) is 2. The number of methoxy groups -OCH3 is 1. The van der Waals surface area contributed by atoms with Gasteiger partial charge in [0.15, 0.2) is 0 Å². The maximum atomic E-state index is 13.6. The Balaban J connectivity index is 2.31. The lowest BCUT2D eigenvalue weighted by atomic mass is 9.79. The molecule has 4 atom stereocenters. The number of alkyl carbamates (subject to hydrolysis) is 1. The summed E-state index contributed by atoms with van der Waals surface area (Å²) >= 11 is 0. The molecule has 2 aliphatic heterocycles. The van der Waals surface area contributed by atoms with Crippen LogP contribution in [0.4, 0.5) is 9.59 Å². The normalized spacial score (nSPS) is 24.0. The Kier molecular flexibility index (Phi) is 11.6. The second kappa shape index (κ2) is 13.6. The summed E-state index contributed by atoms with van der Waals surface area (Å²) in [6, 6.07) is -2.52. The first kappa shape index (κ1) is 36.7. The van der Waals surface area contributed by atoms with Gasteiger partial charge in [-0.2, -0.15) is 0 Å². The molecule has 43 heavy (non-hydrogen) atoms. The highest BCUT2D eigenvalue weighted by Crippen LogP contribution is 2.39. The summed E-state index contributed by atoms with van der Waals surface area (Å²) < 4.78 is 28.4. The van der Waals surface area contributed by atoms with Crippen LogP contribution in [0, 0.1) is 11.8 Å². The first-order valence-corrected chi connectivity index (χ1v) is 15.2. The maximum Gasteiger partial charge on any atom is 0.457 e. The number of likely N-dealkylation sites (tertiary alicyclic amines) is 1. The van der Waals surface area contributed by atoms with Gasteiger partial charge < -0.3 is 34.2 Å². The number of esters is 1. The molecule has 2 N–H and O–H groups in total. The standard InChI is InChI=1S/C30H54BN3O9/c1-18(2)21(33-25(37)40-27(3,4)5)23(35)32-20-17-34(26(38)41-28(6,7)8)22(24(36)39-13)19(20)15-14-16-31-42-29(9,10)30(11,12)43-31/h18-22H,14-17H2,1-13H3,(H,32,35)(H,33,37)/t19-,20+,21+,22+/m1/s1. The number of nitrogens with one attached hydrogen (secondary N) is 2. The highest BCUT2D eigenvalue weighted by atomic mass is 16.7. The van der Waals surface area contributed by atoms with Gasteiger partial charge in [0.25, 0.3) is 0 Å². The Labute approximate surface area is 257 Å². The molecular weight excluding hydrogens is 557 g/mol. The highest BCUT2D eigenvalue weighted by molar-refractivity contribution is 6.45. The minimum absolute atomic E-state index is 0.0266. The summed E-state index contributed by atoms with van der Waals surface area (Å²) in [7, 11) is 0.837. The van der Waals surface area contributed by atoms with E-state index < -0.39 is 77.6 Å². The Hall–Kier alpha value is -2.54. The summed E-state index contributed by atoms with van der Waals surface area (Å²) in [6.45, 7) is 22.0. The van der Waals surface area contributed by atoms with Crippen molar-refractivity contribution in [1.82, 2.24) is 15.5 Å². The number of carbonyl (C=O) groups is 4. The molecule has 2 saturated heterocycles. The smallest absolute Gasteiger partial charge is 0.457 e. The number of carbonyl (C=O) groups excluding carboxylic acids is 4. The van der Waals surface area contributed by atoms with E-state index in [4.69, 9.17) is 23.5 Å². The average molecular weight is 612 g/mol. The zero-order valence-electron chi connectivity index (χ0n) is 28.4. The third-order valence-corrected chi connectivity index (χ3v) is 7.95. The molecule has 12 nitrogen and oxygen atoms in total. The Bertz CT molecular complexity index is 1000. The molecule has 0 spiro atoms. The van der Waals surface area contributed by atoms with E-state index in [0.717, 1.165) is 0 Å². The van der Waals surface area contributed by atoms with Crippen LogP contribution in [-0.2, 0) is 33.1 Å². The highest BCUT2D eigenvalue weighted by Gasteiger charge is 2.52. The van der Waals surface area contributed by atoms with Crippen LogP contribution in [0.5, 0.6) is 0 Å². The third-order valence-electron chi connectivity index (χ3n) is 7.95. The van der Waals surface area contributed by atoms with Gasteiger partial charge in [-0.15, -0.1) is 0 Å². The van der Waals surface area contributed by atoms with Gasteiger partial charge in [0, 0.05) is 12.5 Å². The van der Waals surface area contributed by atoms with Crippen molar-refractivity contribution in [2.24, 2.45) is 11.8 Å². The van der Waals surface area contributed by atoms with Gasteiger partial charge in [-0.25, -0.2) is 14.4 Å². The fraction of sp³-hybridized carbons (Fsp3) is 0.867. The Morgan fingerprint density at radius 1 is 0.953 bits per heavy atom. The molecule has 0 aliphatic carbocycles.